The molecule has 21 heavy (non-hydrogen) atoms. The predicted octanol–water partition coefficient (Wildman–Crippen LogP) is 2.85. The van der Waals surface area contributed by atoms with E-state index in [0.717, 1.165) is 24.1 Å². The highest BCUT2D eigenvalue weighted by Crippen LogP contribution is 2.13. The average Bonchev–Trinajstić information content (AvgIpc) is 2.48. The number of carbonyl (C=O) groups is 1. The zero-order chi connectivity index (χ0) is 15.8. The summed E-state index contributed by atoms with van der Waals surface area (Å²) in [5.41, 5.74) is 2.56. The molecule has 0 aliphatic heterocycles. The number of aryl methyl sites for hydroxylation is 1. The van der Waals surface area contributed by atoms with Crippen LogP contribution in [0.15, 0.2) is 18.2 Å². The van der Waals surface area contributed by atoms with Gasteiger partial charge in [0.1, 0.15) is 0 Å². The van der Waals surface area contributed by atoms with Crippen LogP contribution in [0.3, 0.4) is 0 Å². The Hall–Kier alpha value is -1.79. The molecule has 1 aromatic rings. The second-order valence-electron chi connectivity index (χ2n) is 5.50. The molecule has 0 saturated heterocycles. The van der Waals surface area contributed by atoms with Gasteiger partial charge in [0.05, 0.1) is 6.61 Å². The van der Waals surface area contributed by atoms with Crippen LogP contribution in [0.25, 0.3) is 0 Å². The molecule has 0 saturated carbocycles. The second-order valence-corrected chi connectivity index (χ2v) is 5.50. The van der Waals surface area contributed by atoms with Crippen molar-refractivity contribution < 1.29 is 9.90 Å². The van der Waals surface area contributed by atoms with Crippen molar-refractivity contribution in [2.24, 2.45) is 5.92 Å². The minimum Gasteiger partial charge on any atom is -0.395 e. The molecule has 0 heterocycles. The SMILES string of the molecule is CCC(C)CN(C)C(=O)c1ccc(C)c(C#CCCO)c1. The Morgan fingerprint density at radius 3 is 2.76 bits per heavy atom. The molecule has 1 atom stereocenters. The molecule has 1 rings (SSSR count). The first-order valence-electron chi connectivity index (χ1n) is 7.45. The molecule has 3 nitrogen and oxygen atoms in total. The highest BCUT2D eigenvalue weighted by Gasteiger charge is 2.14. The van der Waals surface area contributed by atoms with Gasteiger partial charge in [0.2, 0.25) is 0 Å². The highest BCUT2D eigenvalue weighted by atomic mass is 16.2. The van der Waals surface area contributed by atoms with Gasteiger partial charge in [0.15, 0.2) is 0 Å². The maximum atomic E-state index is 12.4. The summed E-state index contributed by atoms with van der Waals surface area (Å²) in [5, 5.41) is 8.77. The molecule has 114 valence electrons. The van der Waals surface area contributed by atoms with E-state index in [1.165, 1.54) is 0 Å². The van der Waals surface area contributed by atoms with Crippen LogP contribution in [0, 0.1) is 24.7 Å². The first-order valence-corrected chi connectivity index (χ1v) is 7.45. The normalized spacial score (nSPS) is 11.5. The lowest BCUT2D eigenvalue weighted by Gasteiger charge is -2.21. The summed E-state index contributed by atoms with van der Waals surface area (Å²) in [4.78, 5) is 14.2. The minimum atomic E-state index is 0.0282. The van der Waals surface area contributed by atoms with Crippen molar-refractivity contribution in [1.29, 1.82) is 0 Å². The maximum absolute atomic E-state index is 12.4. The summed E-state index contributed by atoms with van der Waals surface area (Å²) in [6, 6.07) is 5.62. The largest absolute Gasteiger partial charge is 0.395 e. The summed E-state index contributed by atoms with van der Waals surface area (Å²) in [7, 11) is 1.84. The van der Waals surface area contributed by atoms with E-state index >= 15 is 0 Å². The van der Waals surface area contributed by atoms with Gasteiger partial charge in [-0.15, -0.1) is 0 Å². The van der Waals surface area contributed by atoms with Crippen molar-refractivity contribution in [3.63, 3.8) is 0 Å². The molecule has 0 aromatic heterocycles. The minimum absolute atomic E-state index is 0.0282. The van der Waals surface area contributed by atoms with Crippen LogP contribution >= 0.6 is 0 Å². The number of hydrogen-bond donors (Lipinski definition) is 1. The number of nitrogens with zero attached hydrogens (tertiary/aromatic N) is 1. The van der Waals surface area contributed by atoms with Gasteiger partial charge in [-0.2, -0.15) is 0 Å². The van der Waals surface area contributed by atoms with Crippen LogP contribution < -0.4 is 0 Å². The van der Waals surface area contributed by atoms with Gasteiger partial charge in [0.25, 0.3) is 5.91 Å². The molecular weight excluding hydrogens is 262 g/mol. The van der Waals surface area contributed by atoms with Gasteiger partial charge < -0.3 is 10.0 Å². The molecule has 3 heteroatoms. The summed E-state index contributed by atoms with van der Waals surface area (Å²) < 4.78 is 0. The van der Waals surface area contributed by atoms with Crippen molar-refractivity contribution in [3.8, 4) is 11.8 Å². The Balaban J connectivity index is 2.91. The first-order chi connectivity index (χ1) is 9.99. The van der Waals surface area contributed by atoms with Gasteiger partial charge in [-0.1, -0.05) is 38.2 Å². The molecule has 1 amide bonds. The van der Waals surface area contributed by atoms with Crippen molar-refractivity contribution >= 4 is 5.91 Å². The Morgan fingerprint density at radius 2 is 2.14 bits per heavy atom. The zero-order valence-corrected chi connectivity index (χ0v) is 13.4. The standard InChI is InChI=1S/C18H25NO2/c1-5-14(2)13-19(4)18(21)17-10-9-15(3)16(12-17)8-6-7-11-20/h9-10,12,14,20H,5,7,11,13H2,1-4H3. The quantitative estimate of drug-likeness (QED) is 0.846. The number of aliphatic hydroxyl groups is 1. The Bertz CT molecular complexity index is 540. The molecule has 0 spiro atoms. The van der Waals surface area contributed by atoms with E-state index in [4.69, 9.17) is 5.11 Å². The number of benzene rings is 1. The topological polar surface area (TPSA) is 40.5 Å². The van der Waals surface area contributed by atoms with Gasteiger partial charge in [-0.3, -0.25) is 4.79 Å². The highest BCUT2D eigenvalue weighted by molar-refractivity contribution is 5.94. The third-order valence-corrected chi connectivity index (χ3v) is 3.57. The van der Waals surface area contributed by atoms with Crippen LogP contribution in [0.2, 0.25) is 0 Å². The van der Waals surface area contributed by atoms with Crippen LogP contribution in [-0.2, 0) is 0 Å². The lowest BCUT2D eigenvalue weighted by Crippen LogP contribution is -2.30. The number of hydrogen-bond acceptors (Lipinski definition) is 2. The lowest BCUT2D eigenvalue weighted by molar-refractivity contribution is 0.0775. The summed E-state index contributed by atoms with van der Waals surface area (Å²) in [6.45, 7) is 7.06. The van der Waals surface area contributed by atoms with Gasteiger partial charge in [0, 0.05) is 31.1 Å². The predicted molar refractivity (Wildman–Crippen MR) is 86.2 cm³/mol. The fraction of sp³-hybridized carbons (Fsp3) is 0.500. The van der Waals surface area contributed by atoms with Gasteiger partial charge in [-0.05, 0) is 30.5 Å². The molecule has 1 N–H and O–H groups in total. The number of rotatable bonds is 5. The Kier molecular flexibility index (Phi) is 6.98. The molecule has 1 unspecified atom stereocenters. The molecule has 1 aromatic carbocycles. The number of carbonyl (C=O) groups excluding carboxylic acids is 1. The summed E-state index contributed by atoms with van der Waals surface area (Å²) >= 11 is 0. The van der Waals surface area contributed by atoms with Crippen LogP contribution in [0.5, 0.6) is 0 Å². The zero-order valence-electron chi connectivity index (χ0n) is 13.4. The molecule has 0 bridgehead atoms. The molecule has 0 fully saturated rings. The van der Waals surface area contributed by atoms with E-state index in [2.05, 4.69) is 25.7 Å². The third-order valence-electron chi connectivity index (χ3n) is 3.57. The maximum Gasteiger partial charge on any atom is 0.253 e. The van der Waals surface area contributed by atoms with E-state index in [1.54, 1.807) is 4.90 Å². The van der Waals surface area contributed by atoms with E-state index in [0.29, 0.717) is 17.9 Å². The summed E-state index contributed by atoms with van der Waals surface area (Å²) in [6.07, 6.45) is 1.51. The van der Waals surface area contributed by atoms with E-state index in [9.17, 15) is 4.79 Å². The molecule has 0 aliphatic rings. The van der Waals surface area contributed by atoms with E-state index in [1.807, 2.05) is 32.2 Å². The molecule has 0 radical (unpaired) electrons. The monoisotopic (exact) mass is 287 g/mol. The Labute approximate surface area is 128 Å². The average molecular weight is 287 g/mol. The van der Waals surface area contributed by atoms with Crippen molar-refractivity contribution in [1.82, 2.24) is 4.90 Å². The molecule has 0 aliphatic carbocycles. The second kappa shape index (κ2) is 8.49. The first kappa shape index (κ1) is 17.3. The summed E-state index contributed by atoms with van der Waals surface area (Å²) in [5.74, 6) is 6.45. The number of amides is 1. The lowest BCUT2D eigenvalue weighted by atomic mass is 10.0. The molecular formula is C18H25NO2. The van der Waals surface area contributed by atoms with Gasteiger partial charge in [-0.25, -0.2) is 0 Å². The van der Waals surface area contributed by atoms with E-state index < -0.39 is 0 Å². The number of aliphatic hydroxyl groups excluding tert-OH is 1. The smallest absolute Gasteiger partial charge is 0.253 e. The van der Waals surface area contributed by atoms with Crippen molar-refractivity contribution in [3.05, 3.63) is 34.9 Å². The van der Waals surface area contributed by atoms with Crippen molar-refractivity contribution in [2.75, 3.05) is 20.2 Å². The van der Waals surface area contributed by atoms with E-state index in [-0.39, 0.29) is 12.5 Å². The fourth-order valence-electron chi connectivity index (χ4n) is 2.00. The van der Waals surface area contributed by atoms with Crippen molar-refractivity contribution in [2.45, 2.75) is 33.6 Å². The van der Waals surface area contributed by atoms with Crippen LogP contribution in [0.1, 0.15) is 48.2 Å². The van der Waals surface area contributed by atoms with Crippen LogP contribution in [-0.4, -0.2) is 36.1 Å². The third kappa shape index (κ3) is 5.24. The Morgan fingerprint density at radius 1 is 1.43 bits per heavy atom. The van der Waals surface area contributed by atoms with Crippen LogP contribution in [0.4, 0.5) is 0 Å². The fourth-order valence-corrected chi connectivity index (χ4v) is 2.00. The van der Waals surface area contributed by atoms with Gasteiger partial charge >= 0.3 is 0 Å².